The Kier molecular flexibility index (Phi) is 4.54. The number of nitrogens with zero attached hydrogens (tertiary/aromatic N) is 2. The van der Waals surface area contributed by atoms with Gasteiger partial charge >= 0.3 is 0 Å². The summed E-state index contributed by atoms with van der Waals surface area (Å²) in [6.45, 7) is 3.81. The molecule has 0 radical (unpaired) electrons. The van der Waals surface area contributed by atoms with Gasteiger partial charge in [0.05, 0.1) is 12.1 Å². The van der Waals surface area contributed by atoms with E-state index in [1.165, 1.54) is 0 Å². The standard InChI is InChI=1S/C13H24N2O2/c1-14-7-8-15(2)12(10-14)13(16)6-5-11-4-3-9-17-11/h11-12H,3-10H2,1-2H3. The minimum Gasteiger partial charge on any atom is -0.378 e. The molecule has 0 bridgehead atoms. The van der Waals surface area contributed by atoms with E-state index in [0.717, 1.165) is 45.5 Å². The van der Waals surface area contributed by atoms with Gasteiger partial charge in [-0.15, -0.1) is 0 Å². The van der Waals surface area contributed by atoms with Gasteiger partial charge in [-0.3, -0.25) is 9.69 Å². The number of ketones is 1. The highest BCUT2D eigenvalue weighted by molar-refractivity contribution is 5.84. The third kappa shape index (κ3) is 3.50. The fraction of sp³-hybridized carbons (Fsp3) is 0.923. The monoisotopic (exact) mass is 240 g/mol. The molecule has 0 aromatic heterocycles. The van der Waals surface area contributed by atoms with Crippen molar-refractivity contribution in [2.24, 2.45) is 0 Å². The van der Waals surface area contributed by atoms with Crippen LogP contribution in [0.1, 0.15) is 25.7 Å². The van der Waals surface area contributed by atoms with E-state index >= 15 is 0 Å². The first kappa shape index (κ1) is 13.0. The maximum atomic E-state index is 12.2. The molecule has 0 spiro atoms. The highest BCUT2D eigenvalue weighted by atomic mass is 16.5. The molecule has 4 heteroatoms. The van der Waals surface area contributed by atoms with Gasteiger partial charge in [-0.05, 0) is 33.4 Å². The van der Waals surface area contributed by atoms with Gasteiger partial charge in [0.25, 0.3) is 0 Å². The van der Waals surface area contributed by atoms with Crippen molar-refractivity contribution in [2.75, 3.05) is 40.3 Å². The molecule has 0 N–H and O–H groups in total. The Morgan fingerprint density at radius 2 is 2.18 bits per heavy atom. The van der Waals surface area contributed by atoms with E-state index in [9.17, 15) is 4.79 Å². The molecule has 4 nitrogen and oxygen atoms in total. The van der Waals surface area contributed by atoms with Crippen molar-refractivity contribution in [1.82, 2.24) is 9.80 Å². The quantitative estimate of drug-likeness (QED) is 0.726. The Bertz CT molecular complexity index is 264. The predicted molar refractivity (Wildman–Crippen MR) is 67.1 cm³/mol. The van der Waals surface area contributed by atoms with E-state index in [4.69, 9.17) is 4.74 Å². The smallest absolute Gasteiger partial charge is 0.151 e. The maximum Gasteiger partial charge on any atom is 0.151 e. The number of carbonyl (C=O) groups excluding carboxylic acids is 1. The van der Waals surface area contributed by atoms with Crippen LogP contribution >= 0.6 is 0 Å². The molecule has 0 amide bonds. The van der Waals surface area contributed by atoms with E-state index in [2.05, 4.69) is 23.9 Å². The summed E-state index contributed by atoms with van der Waals surface area (Å²) in [6, 6.07) is 0.0927. The van der Waals surface area contributed by atoms with Crippen LogP contribution in [0.3, 0.4) is 0 Å². The second-order valence-corrected chi connectivity index (χ2v) is 5.40. The summed E-state index contributed by atoms with van der Waals surface area (Å²) < 4.78 is 5.56. The number of likely N-dealkylation sites (N-methyl/N-ethyl adjacent to an activating group) is 2. The summed E-state index contributed by atoms with van der Waals surface area (Å²) in [7, 11) is 4.15. The van der Waals surface area contributed by atoms with Gasteiger partial charge in [-0.25, -0.2) is 0 Å². The Morgan fingerprint density at radius 3 is 2.88 bits per heavy atom. The van der Waals surface area contributed by atoms with Gasteiger partial charge in [0.15, 0.2) is 5.78 Å². The van der Waals surface area contributed by atoms with E-state index in [-0.39, 0.29) is 6.04 Å². The average Bonchev–Trinajstić information content (AvgIpc) is 2.82. The summed E-state index contributed by atoms with van der Waals surface area (Å²) in [5.74, 6) is 0.384. The minimum absolute atomic E-state index is 0.0927. The number of ether oxygens (including phenoxy) is 1. The van der Waals surface area contributed by atoms with Gasteiger partial charge in [0, 0.05) is 32.7 Å². The SMILES string of the molecule is CN1CCN(C)C(C(=O)CCC2CCCO2)C1. The van der Waals surface area contributed by atoms with Crippen molar-refractivity contribution >= 4 is 5.78 Å². The van der Waals surface area contributed by atoms with Crippen LogP contribution in [0.25, 0.3) is 0 Å². The van der Waals surface area contributed by atoms with Crippen molar-refractivity contribution in [3.8, 4) is 0 Å². The Hall–Kier alpha value is -0.450. The predicted octanol–water partition coefficient (Wildman–Crippen LogP) is 0.760. The van der Waals surface area contributed by atoms with Gasteiger partial charge in [0.1, 0.15) is 0 Å². The molecule has 2 atom stereocenters. The Morgan fingerprint density at radius 1 is 1.35 bits per heavy atom. The van der Waals surface area contributed by atoms with Crippen LogP contribution in [0.15, 0.2) is 0 Å². The fourth-order valence-corrected chi connectivity index (χ4v) is 2.70. The summed E-state index contributed by atoms with van der Waals surface area (Å²) >= 11 is 0. The topological polar surface area (TPSA) is 32.8 Å². The zero-order valence-electron chi connectivity index (χ0n) is 11.0. The molecule has 0 saturated carbocycles. The van der Waals surface area contributed by atoms with E-state index in [1.54, 1.807) is 0 Å². The molecule has 0 aromatic carbocycles. The van der Waals surface area contributed by atoms with Gasteiger partial charge < -0.3 is 9.64 Å². The largest absolute Gasteiger partial charge is 0.378 e. The molecule has 2 aliphatic heterocycles. The normalized spacial score (nSPS) is 31.9. The Labute approximate surface area is 104 Å². The van der Waals surface area contributed by atoms with Crippen molar-refractivity contribution in [2.45, 2.75) is 37.8 Å². The van der Waals surface area contributed by atoms with Crippen LogP contribution < -0.4 is 0 Å². The number of piperazine rings is 1. The molecule has 2 saturated heterocycles. The first-order valence-electron chi connectivity index (χ1n) is 6.70. The first-order valence-corrected chi connectivity index (χ1v) is 6.70. The summed E-state index contributed by atoms with van der Waals surface area (Å²) in [6.07, 6.45) is 4.21. The second kappa shape index (κ2) is 5.94. The molecule has 2 heterocycles. The molecular formula is C13H24N2O2. The zero-order chi connectivity index (χ0) is 12.3. The first-order chi connectivity index (χ1) is 8.16. The molecule has 98 valence electrons. The maximum absolute atomic E-state index is 12.2. The van der Waals surface area contributed by atoms with Crippen molar-refractivity contribution in [3.05, 3.63) is 0 Å². The highest BCUT2D eigenvalue weighted by Crippen LogP contribution is 2.18. The third-order valence-corrected chi connectivity index (χ3v) is 3.96. The summed E-state index contributed by atoms with van der Waals surface area (Å²) in [4.78, 5) is 16.6. The average molecular weight is 240 g/mol. The number of Topliss-reactive ketones (excluding diaryl/α,β-unsaturated/α-hetero) is 1. The van der Waals surface area contributed by atoms with Crippen LogP contribution in [-0.4, -0.2) is 68.1 Å². The molecule has 2 aliphatic rings. The lowest BCUT2D eigenvalue weighted by molar-refractivity contribution is -0.126. The molecule has 2 fully saturated rings. The van der Waals surface area contributed by atoms with Crippen molar-refractivity contribution < 1.29 is 9.53 Å². The van der Waals surface area contributed by atoms with E-state index in [1.807, 2.05) is 0 Å². The van der Waals surface area contributed by atoms with E-state index < -0.39 is 0 Å². The van der Waals surface area contributed by atoms with Gasteiger partial charge in [-0.1, -0.05) is 0 Å². The second-order valence-electron chi connectivity index (χ2n) is 5.40. The third-order valence-electron chi connectivity index (χ3n) is 3.96. The Balaban J connectivity index is 1.77. The number of hydrogen-bond acceptors (Lipinski definition) is 4. The zero-order valence-corrected chi connectivity index (χ0v) is 11.0. The molecule has 17 heavy (non-hydrogen) atoms. The lowest BCUT2D eigenvalue weighted by atomic mass is 10.0. The molecule has 2 rings (SSSR count). The van der Waals surface area contributed by atoms with Crippen LogP contribution in [0.5, 0.6) is 0 Å². The van der Waals surface area contributed by atoms with Gasteiger partial charge in [-0.2, -0.15) is 0 Å². The summed E-state index contributed by atoms with van der Waals surface area (Å²) in [5.41, 5.74) is 0. The summed E-state index contributed by atoms with van der Waals surface area (Å²) in [5, 5.41) is 0. The fourth-order valence-electron chi connectivity index (χ4n) is 2.70. The number of rotatable bonds is 4. The van der Waals surface area contributed by atoms with Crippen molar-refractivity contribution in [3.63, 3.8) is 0 Å². The number of carbonyl (C=O) groups is 1. The lowest BCUT2D eigenvalue weighted by Crippen LogP contribution is -2.53. The van der Waals surface area contributed by atoms with Crippen LogP contribution in [0, 0.1) is 0 Å². The van der Waals surface area contributed by atoms with Crippen molar-refractivity contribution in [1.29, 1.82) is 0 Å². The molecule has 0 aliphatic carbocycles. The molecular weight excluding hydrogens is 216 g/mol. The van der Waals surface area contributed by atoms with Crippen LogP contribution in [0.4, 0.5) is 0 Å². The lowest BCUT2D eigenvalue weighted by Gasteiger charge is -2.36. The molecule has 2 unspecified atom stereocenters. The number of hydrogen-bond donors (Lipinski definition) is 0. The van der Waals surface area contributed by atoms with Crippen LogP contribution in [-0.2, 0) is 9.53 Å². The highest BCUT2D eigenvalue weighted by Gasteiger charge is 2.28. The molecule has 0 aromatic rings. The van der Waals surface area contributed by atoms with Crippen LogP contribution in [0.2, 0.25) is 0 Å². The van der Waals surface area contributed by atoms with E-state index in [0.29, 0.717) is 18.3 Å². The minimum atomic E-state index is 0.0927. The van der Waals surface area contributed by atoms with Gasteiger partial charge in [0.2, 0.25) is 0 Å².